The molecule has 0 bridgehead atoms. The number of carbonyl (C=O) groups is 4. The smallest absolute Gasteiger partial charge is 0.341 e. The standard InChI is InChI=1S/C23H22N2O8S/c1-3-32-16-9-7-15(8-10-16)24-19(26)12-25-22(29)18(34-23(25)30)11-14-5-4-6-17(31-2)21(14)33-13-20(27)28/h4-11H,3,12-13H2,1-2H3,(H,24,26)(H,27,28)/b18-11+. The molecule has 1 saturated heterocycles. The second kappa shape index (κ2) is 11.2. The molecule has 0 spiro atoms. The number of para-hydroxylation sites is 1. The van der Waals surface area contributed by atoms with E-state index in [9.17, 15) is 19.2 Å². The first-order valence-corrected chi connectivity index (χ1v) is 10.9. The summed E-state index contributed by atoms with van der Waals surface area (Å²) in [6.07, 6.45) is 1.40. The van der Waals surface area contributed by atoms with Gasteiger partial charge in [0.1, 0.15) is 12.3 Å². The van der Waals surface area contributed by atoms with Crippen LogP contribution in [0, 0.1) is 0 Å². The highest BCUT2D eigenvalue weighted by Crippen LogP contribution is 2.37. The molecule has 1 heterocycles. The third-order valence-electron chi connectivity index (χ3n) is 4.48. The zero-order valence-electron chi connectivity index (χ0n) is 18.4. The van der Waals surface area contributed by atoms with Crippen LogP contribution in [0.25, 0.3) is 6.08 Å². The number of anilines is 1. The summed E-state index contributed by atoms with van der Waals surface area (Å²) in [5.74, 6) is -1.34. The van der Waals surface area contributed by atoms with Crippen molar-refractivity contribution in [3.63, 3.8) is 0 Å². The monoisotopic (exact) mass is 486 g/mol. The van der Waals surface area contributed by atoms with Gasteiger partial charge in [-0.1, -0.05) is 12.1 Å². The molecule has 10 nitrogen and oxygen atoms in total. The Morgan fingerprint density at radius 2 is 1.85 bits per heavy atom. The number of imide groups is 1. The third kappa shape index (κ3) is 6.07. The fourth-order valence-corrected chi connectivity index (χ4v) is 3.85. The van der Waals surface area contributed by atoms with Crippen LogP contribution >= 0.6 is 11.8 Å². The van der Waals surface area contributed by atoms with Crippen LogP contribution < -0.4 is 19.5 Å². The minimum Gasteiger partial charge on any atom is -0.494 e. The van der Waals surface area contributed by atoms with Crippen molar-refractivity contribution in [1.29, 1.82) is 0 Å². The highest BCUT2D eigenvalue weighted by Gasteiger charge is 2.36. The Bertz CT molecular complexity index is 1130. The molecular weight excluding hydrogens is 464 g/mol. The minimum atomic E-state index is -1.18. The lowest BCUT2D eigenvalue weighted by Gasteiger charge is -2.13. The number of nitrogens with zero attached hydrogens (tertiary/aromatic N) is 1. The summed E-state index contributed by atoms with van der Waals surface area (Å²) < 4.78 is 15.9. The minimum absolute atomic E-state index is 0.0623. The largest absolute Gasteiger partial charge is 0.494 e. The molecule has 1 aliphatic rings. The van der Waals surface area contributed by atoms with Crippen molar-refractivity contribution in [3.05, 3.63) is 52.9 Å². The van der Waals surface area contributed by atoms with Crippen LogP contribution in [0.15, 0.2) is 47.4 Å². The van der Waals surface area contributed by atoms with Crippen LogP contribution in [-0.2, 0) is 14.4 Å². The molecule has 11 heteroatoms. The first-order chi connectivity index (χ1) is 16.3. The van der Waals surface area contributed by atoms with Gasteiger partial charge in [-0.2, -0.15) is 0 Å². The maximum atomic E-state index is 12.8. The summed E-state index contributed by atoms with van der Waals surface area (Å²) >= 11 is 0.668. The Morgan fingerprint density at radius 1 is 1.12 bits per heavy atom. The molecule has 3 amide bonds. The van der Waals surface area contributed by atoms with E-state index < -0.39 is 36.2 Å². The Labute approximate surface area is 199 Å². The highest BCUT2D eigenvalue weighted by atomic mass is 32.2. The van der Waals surface area contributed by atoms with Crippen LogP contribution in [-0.4, -0.2) is 59.9 Å². The molecule has 3 rings (SSSR count). The lowest BCUT2D eigenvalue weighted by atomic mass is 10.1. The van der Waals surface area contributed by atoms with Gasteiger partial charge in [0.25, 0.3) is 11.1 Å². The topological polar surface area (TPSA) is 131 Å². The Balaban J connectivity index is 1.73. The van der Waals surface area contributed by atoms with E-state index in [1.54, 1.807) is 42.5 Å². The van der Waals surface area contributed by atoms with Crippen molar-refractivity contribution in [2.24, 2.45) is 0 Å². The quantitative estimate of drug-likeness (QED) is 0.486. The molecule has 0 aliphatic carbocycles. The van der Waals surface area contributed by atoms with Crippen molar-refractivity contribution < 1.29 is 38.5 Å². The number of hydrogen-bond donors (Lipinski definition) is 2. The number of rotatable bonds is 10. The maximum Gasteiger partial charge on any atom is 0.341 e. The highest BCUT2D eigenvalue weighted by molar-refractivity contribution is 8.18. The summed E-state index contributed by atoms with van der Waals surface area (Å²) in [5, 5.41) is 10.9. The number of ether oxygens (including phenoxy) is 3. The molecule has 0 radical (unpaired) electrons. The van der Waals surface area contributed by atoms with Crippen LogP contribution in [0.5, 0.6) is 17.2 Å². The predicted octanol–water partition coefficient (Wildman–Crippen LogP) is 3.23. The number of aliphatic carboxylic acids is 1. The normalized spacial score (nSPS) is 14.3. The average molecular weight is 487 g/mol. The van der Waals surface area contributed by atoms with E-state index in [1.807, 2.05) is 6.92 Å². The SMILES string of the molecule is CCOc1ccc(NC(=O)CN2C(=O)S/C(=C/c3cccc(OC)c3OCC(=O)O)C2=O)cc1. The van der Waals surface area contributed by atoms with E-state index in [-0.39, 0.29) is 16.4 Å². The second-order valence-corrected chi connectivity index (χ2v) is 7.83. The second-order valence-electron chi connectivity index (χ2n) is 6.83. The van der Waals surface area contributed by atoms with Crippen LogP contribution in [0.1, 0.15) is 12.5 Å². The zero-order chi connectivity index (χ0) is 24.7. The fraction of sp³-hybridized carbons (Fsp3) is 0.217. The van der Waals surface area contributed by atoms with Crippen molar-refractivity contribution in [2.45, 2.75) is 6.92 Å². The molecule has 0 atom stereocenters. The molecule has 0 aromatic heterocycles. The molecular formula is C23H22N2O8S. The van der Waals surface area contributed by atoms with Gasteiger partial charge in [0, 0.05) is 11.3 Å². The van der Waals surface area contributed by atoms with E-state index in [0.29, 0.717) is 35.4 Å². The predicted molar refractivity (Wildman–Crippen MR) is 125 cm³/mol. The number of carbonyl (C=O) groups excluding carboxylic acids is 3. The maximum absolute atomic E-state index is 12.8. The summed E-state index contributed by atoms with van der Waals surface area (Å²) in [6.45, 7) is 1.30. The number of carboxylic acid groups (broad SMARTS) is 1. The summed E-state index contributed by atoms with van der Waals surface area (Å²) in [5.41, 5.74) is 0.845. The molecule has 1 fully saturated rings. The molecule has 2 N–H and O–H groups in total. The number of methoxy groups -OCH3 is 1. The van der Waals surface area contributed by atoms with Crippen molar-refractivity contribution in [2.75, 3.05) is 32.2 Å². The number of hydrogen-bond acceptors (Lipinski definition) is 8. The van der Waals surface area contributed by atoms with Crippen LogP contribution in [0.4, 0.5) is 10.5 Å². The van der Waals surface area contributed by atoms with Crippen LogP contribution in [0.3, 0.4) is 0 Å². The van der Waals surface area contributed by atoms with Gasteiger partial charge >= 0.3 is 5.97 Å². The fourth-order valence-electron chi connectivity index (χ4n) is 3.02. The Hall–Kier alpha value is -3.99. The molecule has 1 aliphatic heterocycles. The van der Waals surface area contributed by atoms with Crippen molar-refractivity contribution in [1.82, 2.24) is 4.90 Å². The number of carboxylic acids is 1. The van der Waals surface area contributed by atoms with E-state index in [4.69, 9.17) is 19.3 Å². The van der Waals surface area contributed by atoms with E-state index in [1.165, 1.54) is 13.2 Å². The van der Waals surface area contributed by atoms with Gasteiger partial charge in [0.15, 0.2) is 18.1 Å². The van der Waals surface area contributed by atoms with Gasteiger partial charge in [0.05, 0.1) is 18.6 Å². The van der Waals surface area contributed by atoms with E-state index in [2.05, 4.69) is 5.32 Å². The first kappa shape index (κ1) is 24.6. The molecule has 2 aromatic rings. The van der Waals surface area contributed by atoms with Gasteiger partial charge < -0.3 is 24.6 Å². The summed E-state index contributed by atoms with van der Waals surface area (Å²) in [4.78, 5) is 49.4. The number of amides is 3. The molecule has 178 valence electrons. The van der Waals surface area contributed by atoms with Crippen LogP contribution in [0.2, 0.25) is 0 Å². The number of benzene rings is 2. The molecule has 0 unspecified atom stereocenters. The summed E-state index contributed by atoms with van der Waals surface area (Å²) in [7, 11) is 1.39. The number of nitrogens with one attached hydrogen (secondary N) is 1. The lowest BCUT2D eigenvalue weighted by Crippen LogP contribution is -2.36. The lowest BCUT2D eigenvalue weighted by molar-refractivity contribution is -0.139. The third-order valence-corrected chi connectivity index (χ3v) is 5.39. The van der Waals surface area contributed by atoms with Crippen molar-refractivity contribution in [3.8, 4) is 17.2 Å². The first-order valence-electron chi connectivity index (χ1n) is 10.1. The summed E-state index contributed by atoms with van der Waals surface area (Å²) in [6, 6.07) is 11.5. The molecule has 2 aromatic carbocycles. The van der Waals surface area contributed by atoms with E-state index in [0.717, 1.165) is 4.90 Å². The number of thioether (sulfide) groups is 1. The van der Waals surface area contributed by atoms with Gasteiger partial charge in [-0.05, 0) is 55.1 Å². The molecule has 0 saturated carbocycles. The molecule has 34 heavy (non-hydrogen) atoms. The van der Waals surface area contributed by atoms with Gasteiger partial charge in [-0.15, -0.1) is 0 Å². The Kier molecular flexibility index (Phi) is 8.14. The van der Waals surface area contributed by atoms with Gasteiger partial charge in [0.2, 0.25) is 5.91 Å². The van der Waals surface area contributed by atoms with Gasteiger partial charge in [-0.25, -0.2) is 4.79 Å². The van der Waals surface area contributed by atoms with Crippen molar-refractivity contribution >= 4 is 46.5 Å². The van der Waals surface area contributed by atoms with E-state index >= 15 is 0 Å². The van der Waals surface area contributed by atoms with Gasteiger partial charge in [-0.3, -0.25) is 19.3 Å². The zero-order valence-corrected chi connectivity index (χ0v) is 19.2. The Morgan fingerprint density at radius 3 is 2.50 bits per heavy atom. The average Bonchev–Trinajstić information content (AvgIpc) is 3.06.